The smallest absolute Gasteiger partial charge is 0.323 e. The molecule has 8 nitrogen and oxygen atoms in total. The second kappa shape index (κ2) is 11.9. The van der Waals surface area contributed by atoms with Gasteiger partial charge in [0, 0.05) is 29.8 Å². The maximum atomic E-state index is 12.4. The van der Waals surface area contributed by atoms with Crippen LogP contribution in [0.4, 0.5) is 26.7 Å². The lowest BCUT2D eigenvalue weighted by Gasteiger charge is -2.11. The Labute approximate surface area is 203 Å². The lowest BCUT2D eigenvalue weighted by molar-refractivity contribution is 0.251. The van der Waals surface area contributed by atoms with Gasteiger partial charge in [-0.25, -0.2) is 9.59 Å². The summed E-state index contributed by atoms with van der Waals surface area (Å²) in [4.78, 5) is 28.8. The average molecular weight is 468 g/mol. The molecule has 0 atom stereocenters. The van der Waals surface area contributed by atoms with E-state index in [1.807, 2.05) is 60.7 Å². The highest BCUT2D eigenvalue weighted by atomic mass is 16.5. The SMILES string of the molecule is O=C(NCc1cccc(OCc2ccccn2)c1)Nc1cccc(NC(=O)Nc2ccccc2)c1. The number of nitrogens with zero attached hydrogens (tertiary/aromatic N) is 1. The molecular weight excluding hydrogens is 442 g/mol. The van der Waals surface area contributed by atoms with Crippen molar-refractivity contribution in [1.29, 1.82) is 0 Å². The second-order valence-electron chi connectivity index (χ2n) is 7.59. The third-order valence-electron chi connectivity index (χ3n) is 4.87. The molecule has 4 N–H and O–H groups in total. The van der Waals surface area contributed by atoms with Crippen LogP contribution >= 0.6 is 0 Å². The molecule has 3 aromatic carbocycles. The van der Waals surface area contributed by atoms with Crippen LogP contribution in [0.5, 0.6) is 5.75 Å². The lowest BCUT2D eigenvalue weighted by Crippen LogP contribution is -2.28. The van der Waals surface area contributed by atoms with E-state index in [1.165, 1.54) is 0 Å². The molecule has 8 heteroatoms. The molecule has 0 spiro atoms. The summed E-state index contributed by atoms with van der Waals surface area (Å²) in [5.74, 6) is 0.697. The predicted octanol–water partition coefficient (Wildman–Crippen LogP) is 5.63. The number of rotatable bonds is 8. The van der Waals surface area contributed by atoms with Crippen LogP contribution in [-0.4, -0.2) is 17.0 Å². The summed E-state index contributed by atoms with van der Waals surface area (Å²) in [6, 6.07) is 28.5. The van der Waals surface area contributed by atoms with E-state index in [9.17, 15) is 9.59 Å². The molecule has 4 aromatic rings. The molecule has 0 fully saturated rings. The Morgan fingerprint density at radius 1 is 0.686 bits per heavy atom. The zero-order valence-electron chi connectivity index (χ0n) is 18.9. The third kappa shape index (κ3) is 7.61. The molecule has 176 valence electrons. The van der Waals surface area contributed by atoms with Crippen molar-refractivity contribution in [2.24, 2.45) is 0 Å². The van der Waals surface area contributed by atoms with Gasteiger partial charge < -0.3 is 26.0 Å². The molecule has 1 aromatic heterocycles. The number of para-hydroxylation sites is 1. The topological polar surface area (TPSA) is 104 Å². The molecule has 1 heterocycles. The highest BCUT2D eigenvalue weighted by Gasteiger charge is 2.06. The van der Waals surface area contributed by atoms with E-state index in [1.54, 1.807) is 42.6 Å². The fourth-order valence-electron chi connectivity index (χ4n) is 3.23. The van der Waals surface area contributed by atoms with E-state index in [4.69, 9.17) is 4.74 Å². The van der Waals surface area contributed by atoms with E-state index in [2.05, 4.69) is 26.3 Å². The van der Waals surface area contributed by atoms with Gasteiger partial charge in [-0.2, -0.15) is 0 Å². The number of carbonyl (C=O) groups excluding carboxylic acids is 2. The van der Waals surface area contributed by atoms with Gasteiger partial charge in [0.25, 0.3) is 0 Å². The summed E-state index contributed by atoms with van der Waals surface area (Å²) < 4.78 is 5.79. The number of amides is 4. The molecule has 4 rings (SSSR count). The van der Waals surface area contributed by atoms with Crippen molar-refractivity contribution in [2.45, 2.75) is 13.2 Å². The predicted molar refractivity (Wildman–Crippen MR) is 136 cm³/mol. The van der Waals surface area contributed by atoms with E-state index in [0.29, 0.717) is 36.0 Å². The van der Waals surface area contributed by atoms with Gasteiger partial charge in [-0.1, -0.05) is 42.5 Å². The van der Waals surface area contributed by atoms with Crippen LogP contribution in [0.25, 0.3) is 0 Å². The van der Waals surface area contributed by atoms with Crippen molar-refractivity contribution in [1.82, 2.24) is 10.3 Å². The van der Waals surface area contributed by atoms with Crippen LogP contribution in [0.2, 0.25) is 0 Å². The highest BCUT2D eigenvalue weighted by Crippen LogP contribution is 2.17. The number of carbonyl (C=O) groups is 2. The van der Waals surface area contributed by atoms with Crippen molar-refractivity contribution in [3.05, 3.63) is 115 Å². The van der Waals surface area contributed by atoms with E-state index < -0.39 is 0 Å². The monoisotopic (exact) mass is 467 g/mol. The first kappa shape index (κ1) is 23.3. The summed E-state index contributed by atoms with van der Waals surface area (Å²) >= 11 is 0. The quantitative estimate of drug-likeness (QED) is 0.270. The minimum absolute atomic E-state index is 0.323. The molecule has 0 saturated carbocycles. The van der Waals surface area contributed by atoms with Crippen LogP contribution in [-0.2, 0) is 13.2 Å². The van der Waals surface area contributed by atoms with Gasteiger partial charge in [0.15, 0.2) is 0 Å². The Hall–Kier alpha value is -4.85. The summed E-state index contributed by atoms with van der Waals surface area (Å²) in [5.41, 5.74) is 3.52. The minimum Gasteiger partial charge on any atom is -0.487 e. The molecule has 0 aliphatic rings. The Kier molecular flexibility index (Phi) is 7.89. The van der Waals surface area contributed by atoms with Crippen molar-refractivity contribution >= 4 is 29.1 Å². The largest absolute Gasteiger partial charge is 0.487 e. The summed E-state index contributed by atoms with van der Waals surface area (Å²) in [6.45, 7) is 0.690. The van der Waals surface area contributed by atoms with Crippen LogP contribution in [0.3, 0.4) is 0 Å². The number of benzene rings is 3. The summed E-state index contributed by atoms with van der Waals surface area (Å²) in [5, 5.41) is 11.1. The maximum Gasteiger partial charge on any atom is 0.323 e. The van der Waals surface area contributed by atoms with Gasteiger partial charge in [-0.15, -0.1) is 0 Å². The van der Waals surface area contributed by atoms with Gasteiger partial charge in [0.1, 0.15) is 12.4 Å². The van der Waals surface area contributed by atoms with Crippen LogP contribution in [0.1, 0.15) is 11.3 Å². The van der Waals surface area contributed by atoms with Crippen LogP contribution in [0.15, 0.2) is 103 Å². The van der Waals surface area contributed by atoms with E-state index in [0.717, 1.165) is 11.3 Å². The number of ether oxygens (including phenoxy) is 1. The van der Waals surface area contributed by atoms with E-state index >= 15 is 0 Å². The molecule has 0 bridgehead atoms. The zero-order chi connectivity index (χ0) is 24.3. The van der Waals surface area contributed by atoms with Crippen LogP contribution in [0, 0.1) is 0 Å². The first-order chi connectivity index (χ1) is 17.1. The fourth-order valence-corrected chi connectivity index (χ4v) is 3.23. The summed E-state index contributed by atoms with van der Waals surface area (Å²) in [7, 11) is 0. The average Bonchev–Trinajstić information content (AvgIpc) is 2.88. The second-order valence-corrected chi connectivity index (χ2v) is 7.59. The molecule has 0 radical (unpaired) electrons. The first-order valence-electron chi connectivity index (χ1n) is 11.0. The van der Waals surface area contributed by atoms with Gasteiger partial charge in [-0.3, -0.25) is 4.98 Å². The van der Waals surface area contributed by atoms with Gasteiger partial charge in [-0.05, 0) is 60.2 Å². The molecule has 0 aliphatic heterocycles. The maximum absolute atomic E-state index is 12.4. The Bertz CT molecular complexity index is 1270. The molecular formula is C27H25N5O3. The Morgan fingerprint density at radius 3 is 2.14 bits per heavy atom. The van der Waals surface area contributed by atoms with Gasteiger partial charge in [0.2, 0.25) is 0 Å². The van der Waals surface area contributed by atoms with Crippen molar-refractivity contribution < 1.29 is 14.3 Å². The zero-order valence-corrected chi connectivity index (χ0v) is 18.9. The normalized spacial score (nSPS) is 10.2. The van der Waals surface area contributed by atoms with Crippen molar-refractivity contribution in [3.63, 3.8) is 0 Å². The van der Waals surface area contributed by atoms with E-state index in [-0.39, 0.29) is 12.1 Å². The highest BCUT2D eigenvalue weighted by molar-refractivity contribution is 6.00. The summed E-state index contributed by atoms with van der Waals surface area (Å²) in [6.07, 6.45) is 1.73. The molecule has 4 amide bonds. The number of hydrogen-bond acceptors (Lipinski definition) is 4. The molecule has 35 heavy (non-hydrogen) atoms. The lowest BCUT2D eigenvalue weighted by atomic mass is 10.2. The van der Waals surface area contributed by atoms with Gasteiger partial charge >= 0.3 is 12.1 Å². The third-order valence-corrected chi connectivity index (χ3v) is 4.87. The van der Waals surface area contributed by atoms with Gasteiger partial charge in [0.05, 0.1) is 5.69 Å². The molecule has 0 unspecified atom stereocenters. The Balaban J connectivity index is 1.25. The number of hydrogen-bond donors (Lipinski definition) is 4. The number of anilines is 3. The van der Waals surface area contributed by atoms with Crippen molar-refractivity contribution in [3.8, 4) is 5.75 Å². The minimum atomic E-state index is -0.372. The molecule has 0 aliphatic carbocycles. The Morgan fingerprint density at radius 2 is 1.37 bits per heavy atom. The first-order valence-corrected chi connectivity index (χ1v) is 11.0. The standard InChI is InChI=1S/C27H25N5O3/c33-26(29-18-20-8-6-14-25(16-20)35-19-24-11-4-5-15-28-24)31-22-12-7-13-23(17-22)32-27(34)30-21-9-2-1-3-10-21/h1-17H,18-19H2,(H2,29,31,33)(H2,30,32,34). The fraction of sp³-hybridized carbons (Fsp3) is 0.0741. The number of pyridine rings is 1. The number of aromatic nitrogens is 1. The van der Waals surface area contributed by atoms with Crippen LogP contribution < -0.4 is 26.0 Å². The van der Waals surface area contributed by atoms with Crippen molar-refractivity contribution in [2.75, 3.05) is 16.0 Å². The number of nitrogens with one attached hydrogen (secondary N) is 4. The number of urea groups is 2. The molecule has 0 saturated heterocycles.